The lowest BCUT2D eigenvalue weighted by Crippen LogP contribution is -2.34. The summed E-state index contributed by atoms with van der Waals surface area (Å²) in [4.78, 5) is 2.03. The zero-order chi connectivity index (χ0) is 17.3. The van der Waals surface area contributed by atoms with Crippen molar-refractivity contribution in [2.75, 3.05) is 18.6 Å². The Morgan fingerprint density at radius 2 is 2.04 bits per heavy atom. The molecule has 1 aromatic carbocycles. The molecule has 0 amide bonds. The first-order valence-electron chi connectivity index (χ1n) is 8.05. The third-order valence-electron chi connectivity index (χ3n) is 4.46. The lowest BCUT2D eigenvalue weighted by Gasteiger charge is -2.22. The maximum atomic E-state index is 11.7. The monoisotopic (exact) mass is 366 g/mol. The van der Waals surface area contributed by atoms with Gasteiger partial charge in [-0.3, -0.25) is 4.90 Å². The van der Waals surface area contributed by atoms with Gasteiger partial charge in [0.05, 0.1) is 18.2 Å². The van der Waals surface area contributed by atoms with Crippen LogP contribution in [0.5, 0.6) is 0 Å². The van der Waals surface area contributed by atoms with Crippen LogP contribution in [-0.4, -0.2) is 52.3 Å². The number of hydrogen-bond acceptors (Lipinski definition) is 5. The van der Waals surface area contributed by atoms with Crippen molar-refractivity contribution < 1.29 is 8.42 Å². The fraction of sp³-hybridized carbons (Fsp3) is 0.500. The van der Waals surface area contributed by atoms with Crippen molar-refractivity contribution in [3.8, 4) is 11.4 Å². The summed E-state index contributed by atoms with van der Waals surface area (Å²) in [6, 6.07) is 9.99. The molecule has 6 nitrogen and oxygen atoms in total. The molecule has 3 rings (SSSR count). The van der Waals surface area contributed by atoms with Gasteiger partial charge in [0.25, 0.3) is 0 Å². The van der Waals surface area contributed by atoms with Crippen molar-refractivity contribution in [2.45, 2.75) is 32.6 Å². The highest BCUT2D eigenvalue weighted by Gasteiger charge is 2.31. The van der Waals surface area contributed by atoms with Gasteiger partial charge in [-0.05, 0) is 32.6 Å². The molecule has 1 atom stereocenters. The molecule has 130 valence electrons. The molecule has 0 bridgehead atoms. The number of aromatic nitrogens is 3. The Labute approximate surface area is 147 Å². The van der Waals surface area contributed by atoms with Crippen molar-refractivity contribution in [3.63, 3.8) is 0 Å². The van der Waals surface area contributed by atoms with E-state index in [1.807, 2.05) is 53.8 Å². The molecule has 1 saturated heterocycles. The van der Waals surface area contributed by atoms with Gasteiger partial charge in [-0.1, -0.05) is 30.3 Å². The van der Waals surface area contributed by atoms with Crippen LogP contribution in [0.1, 0.15) is 13.3 Å². The SMILES string of the molecule is CCn1c(-c2ccccc2)nn(CN(C)C2CCS(=O)(=O)C2)c1=S. The van der Waals surface area contributed by atoms with Gasteiger partial charge in [0.15, 0.2) is 20.4 Å². The van der Waals surface area contributed by atoms with Crippen molar-refractivity contribution in [3.05, 3.63) is 35.1 Å². The van der Waals surface area contributed by atoms with Crippen molar-refractivity contribution in [1.82, 2.24) is 19.2 Å². The summed E-state index contributed by atoms with van der Waals surface area (Å²) in [7, 11) is -0.965. The average Bonchev–Trinajstić information content (AvgIpc) is 3.08. The predicted octanol–water partition coefficient (Wildman–Crippen LogP) is 2.18. The molecule has 0 spiro atoms. The largest absolute Gasteiger partial charge is 0.300 e. The topological polar surface area (TPSA) is 60.1 Å². The van der Waals surface area contributed by atoms with E-state index in [0.717, 1.165) is 17.9 Å². The molecule has 1 fully saturated rings. The van der Waals surface area contributed by atoms with Crippen LogP contribution in [0.15, 0.2) is 30.3 Å². The molecule has 0 radical (unpaired) electrons. The van der Waals surface area contributed by atoms with Crippen molar-refractivity contribution in [2.24, 2.45) is 0 Å². The second-order valence-electron chi connectivity index (χ2n) is 6.17. The summed E-state index contributed by atoms with van der Waals surface area (Å²) < 4.78 is 27.8. The molecule has 0 N–H and O–H groups in total. The van der Waals surface area contributed by atoms with Gasteiger partial charge in [0.2, 0.25) is 0 Å². The summed E-state index contributed by atoms with van der Waals surface area (Å²) >= 11 is 5.57. The van der Waals surface area contributed by atoms with Gasteiger partial charge in [0.1, 0.15) is 0 Å². The maximum absolute atomic E-state index is 11.7. The van der Waals surface area contributed by atoms with Crippen LogP contribution in [0.3, 0.4) is 0 Å². The Kier molecular flexibility index (Phi) is 4.89. The Hall–Kier alpha value is -1.51. The van der Waals surface area contributed by atoms with Crippen LogP contribution in [0, 0.1) is 4.77 Å². The second-order valence-corrected chi connectivity index (χ2v) is 8.77. The van der Waals surface area contributed by atoms with Gasteiger partial charge in [-0.25, -0.2) is 13.1 Å². The third-order valence-corrected chi connectivity index (χ3v) is 6.64. The molecule has 2 aromatic rings. The first-order chi connectivity index (χ1) is 11.4. The van der Waals surface area contributed by atoms with E-state index < -0.39 is 9.84 Å². The van der Waals surface area contributed by atoms with Crippen molar-refractivity contribution in [1.29, 1.82) is 0 Å². The first-order valence-corrected chi connectivity index (χ1v) is 10.3. The minimum absolute atomic E-state index is 0.0313. The summed E-state index contributed by atoms with van der Waals surface area (Å²) in [6.45, 7) is 3.28. The zero-order valence-corrected chi connectivity index (χ0v) is 15.6. The van der Waals surface area contributed by atoms with E-state index in [1.54, 1.807) is 4.68 Å². The first kappa shape index (κ1) is 17.3. The molecule has 1 aliphatic heterocycles. The van der Waals surface area contributed by atoms with Gasteiger partial charge in [-0.15, -0.1) is 0 Å². The van der Waals surface area contributed by atoms with Crippen molar-refractivity contribution >= 4 is 22.1 Å². The van der Waals surface area contributed by atoms with Crippen LogP contribution in [0.2, 0.25) is 0 Å². The molecular weight excluding hydrogens is 344 g/mol. The van der Waals surface area contributed by atoms with E-state index >= 15 is 0 Å². The Bertz CT molecular complexity index is 871. The normalized spacial score (nSPS) is 19.9. The van der Waals surface area contributed by atoms with E-state index in [1.165, 1.54) is 0 Å². The Balaban J connectivity index is 1.87. The lowest BCUT2D eigenvalue weighted by molar-refractivity contribution is 0.196. The molecular formula is C16H22N4O2S2. The smallest absolute Gasteiger partial charge is 0.199 e. The summed E-state index contributed by atoms with van der Waals surface area (Å²) in [5.41, 5.74) is 1.02. The Morgan fingerprint density at radius 1 is 1.33 bits per heavy atom. The average molecular weight is 367 g/mol. The highest BCUT2D eigenvalue weighted by atomic mass is 32.2. The summed E-state index contributed by atoms with van der Waals surface area (Å²) in [5.74, 6) is 1.33. The van der Waals surface area contributed by atoms with Crippen LogP contribution in [-0.2, 0) is 23.1 Å². The Morgan fingerprint density at radius 3 is 2.62 bits per heavy atom. The fourth-order valence-corrected chi connectivity index (χ4v) is 5.19. The maximum Gasteiger partial charge on any atom is 0.199 e. The molecule has 24 heavy (non-hydrogen) atoms. The summed E-state index contributed by atoms with van der Waals surface area (Å²) in [5, 5.41) is 4.68. The van der Waals surface area contributed by atoms with Gasteiger partial charge < -0.3 is 4.57 Å². The van der Waals surface area contributed by atoms with Crippen LogP contribution < -0.4 is 0 Å². The van der Waals surface area contributed by atoms with Gasteiger partial charge >= 0.3 is 0 Å². The molecule has 2 heterocycles. The van der Waals surface area contributed by atoms with E-state index in [9.17, 15) is 8.42 Å². The van der Waals surface area contributed by atoms with Gasteiger partial charge in [0, 0.05) is 18.2 Å². The third kappa shape index (κ3) is 3.45. The second kappa shape index (κ2) is 6.78. The van der Waals surface area contributed by atoms with Crippen LogP contribution in [0.4, 0.5) is 0 Å². The summed E-state index contributed by atoms with van der Waals surface area (Å²) in [6.07, 6.45) is 0.673. The molecule has 1 unspecified atom stereocenters. The van der Waals surface area contributed by atoms with Crippen LogP contribution in [0.25, 0.3) is 11.4 Å². The lowest BCUT2D eigenvalue weighted by atomic mass is 10.2. The molecule has 1 aliphatic rings. The molecule has 0 aliphatic carbocycles. The highest BCUT2D eigenvalue weighted by molar-refractivity contribution is 7.91. The number of nitrogens with zero attached hydrogens (tertiary/aromatic N) is 4. The highest BCUT2D eigenvalue weighted by Crippen LogP contribution is 2.20. The molecule has 0 saturated carbocycles. The van der Waals surface area contributed by atoms with E-state index in [-0.39, 0.29) is 17.5 Å². The fourth-order valence-electron chi connectivity index (χ4n) is 3.07. The number of rotatable bonds is 5. The number of benzene rings is 1. The van der Waals surface area contributed by atoms with Gasteiger partial charge in [-0.2, -0.15) is 5.10 Å². The standard InChI is InChI=1S/C16H22N4O2S2/c1-3-19-15(13-7-5-4-6-8-13)17-20(16(19)23)12-18(2)14-9-10-24(21,22)11-14/h4-8,14H,3,9-12H2,1-2H3. The van der Waals surface area contributed by atoms with E-state index in [4.69, 9.17) is 12.2 Å². The molecule has 1 aromatic heterocycles. The minimum Gasteiger partial charge on any atom is -0.300 e. The quantitative estimate of drug-likeness (QED) is 0.759. The van der Waals surface area contributed by atoms with E-state index in [0.29, 0.717) is 17.9 Å². The number of sulfone groups is 1. The predicted molar refractivity (Wildman–Crippen MR) is 97.0 cm³/mol. The van der Waals surface area contributed by atoms with E-state index in [2.05, 4.69) is 5.10 Å². The minimum atomic E-state index is -2.90. The zero-order valence-electron chi connectivity index (χ0n) is 13.9. The molecule has 8 heteroatoms. The number of hydrogen-bond donors (Lipinski definition) is 0. The van der Waals surface area contributed by atoms with Crippen LogP contribution >= 0.6 is 12.2 Å².